The molecule has 2 aliphatic heterocycles. The summed E-state index contributed by atoms with van der Waals surface area (Å²) in [6, 6.07) is 9.85. The van der Waals surface area contributed by atoms with Crippen LogP contribution in [0.15, 0.2) is 55.4 Å². The Hall–Kier alpha value is -3.93. The summed E-state index contributed by atoms with van der Waals surface area (Å²) in [5.74, 6) is 0.698. The second-order valence-corrected chi connectivity index (χ2v) is 9.29. The van der Waals surface area contributed by atoms with Crippen molar-refractivity contribution in [3.05, 3.63) is 71.8 Å². The third-order valence-electron chi connectivity index (χ3n) is 6.49. The minimum atomic E-state index is -0.488. The topological polar surface area (TPSA) is 101 Å². The Morgan fingerprint density at radius 1 is 1.18 bits per heavy atom. The van der Waals surface area contributed by atoms with E-state index >= 15 is 0 Å². The molecule has 0 bridgehead atoms. The van der Waals surface area contributed by atoms with E-state index in [4.69, 9.17) is 25.9 Å². The van der Waals surface area contributed by atoms with Crippen molar-refractivity contribution in [2.75, 3.05) is 60.6 Å². The number of rotatable bonds is 8. The van der Waals surface area contributed by atoms with E-state index in [1.54, 1.807) is 30.4 Å². The summed E-state index contributed by atoms with van der Waals surface area (Å²) in [5.41, 5.74) is 2.71. The van der Waals surface area contributed by atoms with Crippen LogP contribution in [0.5, 0.6) is 5.75 Å². The molecule has 0 spiro atoms. The van der Waals surface area contributed by atoms with Gasteiger partial charge in [0.25, 0.3) is 0 Å². The minimum absolute atomic E-state index is 0.0648. The molecule has 2 saturated heterocycles. The molecule has 3 heterocycles. The van der Waals surface area contributed by atoms with Gasteiger partial charge in [0, 0.05) is 31.6 Å². The highest BCUT2D eigenvalue weighted by atomic mass is 35.5. The molecule has 1 unspecified atom stereocenters. The summed E-state index contributed by atoms with van der Waals surface area (Å²) in [4.78, 5) is 28.9. The molecule has 12 heteroatoms. The van der Waals surface area contributed by atoms with Crippen molar-refractivity contribution < 1.29 is 23.5 Å². The molecule has 2 aliphatic rings. The van der Waals surface area contributed by atoms with Crippen molar-refractivity contribution in [1.29, 1.82) is 0 Å². The summed E-state index contributed by atoms with van der Waals surface area (Å²) in [6.45, 7) is 6.54. The van der Waals surface area contributed by atoms with Crippen LogP contribution < -0.4 is 25.3 Å². The number of morpholine rings is 1. The highest BCUT2D eigenvalue weighted by molar-refractivity contribution is 6.30. The van der Waals surface area contributed by atoms with Gasteiger partial charge in [-0.1, -0.05) is 24.2 Å². The van der Waals surface area contributed by atoms with Gasteiger partial charge in [0.2, 0.25) is 5.91 Å². The smallest absolute Gasteiger partial charge is 0.247 e. The highest BCUT2D eigenvalue weighted by Gasteiger charge is 2.30. The lowest BCUT2D eigenvalue weighted by molar-refractivity contribution is -0.111. The summed E-state index contributed by atoms with van der Waals surface area (Å²) < 4.78 is 25.3. The number of aromatic nitrogens is 2. The zero-order chi connectivity index (χ0) is 27.4. The van der Waals surface area contributed by atoms with Gasteiger partial charge in [-0.05, 0) is 29.8 Å². The predicted octanol–water partition coefficient (Wildman–Crippen LogP) is 4.87. The van der Waals surface area contributed by atoms with Gasteiger partial charge in [-0.2, -0.15) is 0 Å². The van der Waals surface area contributed by atoms with Crippen LogP contribution in [0.1, 0.15) is 18.0 Å². The molecule has 39 heavy (non-hydrogen) atoms. The van der Waals surface area contributed by atoms with Crippen LogP contribution in [0.2, 0.25) is 5.02 Å². The first kappa shape index (κ1) is 26.7. The van der Waals surface area contributed by atoms with Gasteiger partial charge < -0.3 is 25.0 Å². The molecule has 1 amide bonds. The minimum Gasteiger partial charge on any atom is -0.494 e. The van der Waals surface area contributed by atoms with Gasteiger partial charge in [0.15, 0.2) is 5.82 Å². The normalized spacial score (nSPS) is 17.2. The maximum absolute atomic E-state index is 14.1. The van der Waals surface area contributed by atoms with Crippen LogP contribution in [0.25, 0.3) is 0 Å². The van der Waals surface area contributed by atoms with Crippen molar-refractivity contribution in [2.45, 2.75) is 12.5 Å². The first-order chi connectivity index (χ1) is 19.0. The molecule has 0 aliphatic carbocycles. The third-order valence-corrected chi connectivity index (χ3v) is 6.79. The lowest BCUT2D eigenvalue weighted by Crippen LogP contribution is -2.36. The molecule has 2 N–H and O–H groups in total. The number of carbonyl (C=O) groups excluding carboxylic acids is 1. The predicted molar refractivity (Wildman–Crippen MR) is 147 cm³/mol. The number of methoxy groups -OCH3 is 1. The maximum atomic E-state index is 14.1. The van der Waals surface area contributed by atoms with E-state index in [2.05, 4.69) is 32.1 Å². The van der Waals surface area contributed by atoms with Crippen molar-refractivity contribution in [3.8, 4) is 5.75 Å². The molecule has 10 nitrogen and oxygen atoms in total. The zero-order valence-electron chi connectivity index (χ0n) is 21.3. The van der Waals surface area contributed by atoms with Crippen molar-refractivity contribution in [3.63, 3.8) is 0 Å². The fraction of sp³-hybridized carbons (Fsp3) is 0.296. The van der Waals surface area contributed by atoms with E-state index in [0.717, 1.165) is 11.3 Å². The molecule has 2 aromatic carbocycles. The Morgan fingerprint density at radius 2 is 2.00 bits per heavy atom. The number of ether oxygens (including phenoxy) is 2. The second-order valence-electron chi connectivity index (χ2n) is 8.89. The standard InChI is InChI=1S/C27H28ClFN6O4/c1-3-27(36)33-20-13-21(24(37-2)14-23(20)34-7-10-38-11-8-34)32-25-15-26(31-16-30-25)35-22(6-9-39-35)17-4-5-18(28)19(29)12-17/h3-5,12-16,22H,1,6-11H2,2H3,(H,33,36)(H,30,31,32). The number of anilines is 5. The fourth-order valence-electron chi connectivity index (χ4n) is 4.58. The summed E-state index contributed by atoms with van der Waals surface area (Å²) in [7, 11) is 1.57. The van der Waals surface area contributed by atoms with Crippen LogP contribution in [0.4, 0.5) is 33.1 Å². The summed E-state index contributed by atoms with van der Waals surface area (Å²) in [6.07, 6.45) is 3.28. The van der Waals surface area contributed by atoms with Gasteiger partial charge >= 0.3 is 0 Å². The molecule has 2 fully saturated rings. The fourth-order valence-corrected chi connectivity index (χ4v) is 4.69. The Bertz CT molecular complexity index is 1370. The Labute approximate surface area is 230 Å². The molecular formula is C27H28ClFN6O4. The Balaban J connectivity index is 1.44. The molecule has 5 rings (SSSR count). The Kier molecular flexibility index (Phi) is 8.10. The van der Waals surface area contributed by atoms with E-state index in [9.17, 15) is 9.18 Å². The molecular weight excluding hydrogens is 527 g/mol. The average Bonchev–Trinajstić information content (AvgIpc) is 3.45. The second kappa shape index (κ2) is 11.9. The first-order valence-electron chi connectivity index (χ1n) is 12.4. The van der Waals surface area contributed by atoms with Crippen LogP contribution in [-0.2, 0) is 14.4 Å². The van der Waals surface area contributed by atoms with Crippen LogP contribution in [-0.4, -0.2) is 55.9 Å². The number of nitrogens with one attached hydrogen (secondary N) is 2. The third kappa shape index (κ3) is 5.90. The molecule has 204 valence electrons. The average molecular weight is 555 g/mol. The maximum Gasteiger partial charge on any atom is 0.247 e. The van der Waals surface area contributed by atoms with Gasteiger partial charge in [-0.3, -0.25) is 9.63 Å². The van der Waals surface area contributed by atoms with Gasteiger partial charge in [0.1, 0.15) is 23.7 Å². The number of hydrogen-bond donors (Lipinski definition) is 2. The number of halogens is 2. The lowest BCUT2D eigenvalue weighted by Gasteiger charge is -2.31. The van der Waals surface area contributed by atoms with Crippen molar-refractivity contribution in [1.82, 2.24) is 9.97 Å². The Morgan fingerprint density at radius 3 is 2.74 bits per heavy atom. The highest BCUT2D eigenvalue weighted by Crippen LogP contribution is 2.40. The quantitative estimate of drug-likeness (QED) is 0.378. The molecule has 0 saturated carbocycles. The van der Waals surface area contributed by atoms with Crippen LogP contribution in [0.3, 0.4) is 0 Å². The SMILES string of the molecule is C=CC(=O)Nc1cc(Nc2cc(N3OCCC3c3ccc(Cl)c(F)c3)ncn2)c(OC)cc1N1CCOCC1. The molecule has 1 atom stereocenters. The van der Waals surface area contributed by atoms with Crippen molar-refractivity contribution >= 4 is 46.2 Å². The number of amides is 1. The number of hydrogen-bond acceptors (Lipinski definition) is 9. The summed E-state index contributed by atoms with van der Waals surface area (Å²) >= 11 is 5.87. The van der Waals surface area contributed by atoms with Crippen molar-refractivity contribution in [2.24, 2.45) is 0 Å². The lowest BCUT2D eigenvalue weighted by atomic mass is 10.0. The summed E-state index contributed by atoms with van der Waals surface area (Å²) in [5, 5.41) is 7.86. The zero-order valence-corrected chi connectivity index (χ0v) is 22.1. The van der Waals surface area contributed by atoms with E-state index < -0.39 is 5.82 Å². The molecule has 0 radical (unpaired) electrons. The van der Waals surface area contributed by atoms with E-state index in [-0.39, 0.29) is 17.0 Å². The largest absolute Gasteiger partial charge is 0.494 e. The number of nitrogens with zero attached hydrogens (tertiary/aromatic N) is 4. The molecule has 3 aromatic rings. The van der Waals surface area contributed by atoms with Crippen LogP contribution >= 0.6 is 11.6 Å². The monoisotopic (exact) mass is 554 g/mol. The molecule has 1 aromatic heterocycles. The number of benzene rings is 2. The van der Waals surface area contributed by atoms with Gasteiger partial charge in [-0.15, -0.1) is 0 Å². The van der Waals surface area contributed by atoms with Crippen LogP contribution in [0, 0.1) is 5.82 Å². The van der Waals surface area contributed by atoms with E-state index in [0.29, 0.717) is 68.1 Å². The first-order valence-corrected chi connectivity index (χ1v) is 12.8. The van der Waals surface area contributed by atoms with Gasteiger partial charge in [-0.25, -0.2) is 19.4 Å². The van der Waals surface area contributed by atoms with E-state index in [1.165, 1.54) is 24.5 Å². The number of carbonyl (C=O) groups is 1. The van der Waals surface area contributed by atoms with E-state index in [1.807, 2.05) is 6.07 Å². The number of hydroxylamine groups is 1. The van der Waals surface area contributed by atoms with Gasteiger partial charge in [0.05, 0.1) is 55.1 Å².